The zero-order chi connectivity index (χ0) is 18.7. The summed E-state index contributed by atoms with van der Waals surface area (Å²) >= 11 is 1.67. The maximum atomic E-state index is 10.3. The minimum atomic E-state index is -0.359. The van der Waals surface area contributed by atoms with E-state index in [2.05, 4.69) is 24.4 Å². The summed E-state index contributed by atoms with van der Waals surface area (Å²) in [5.74, 6) is 0.589. The molecule has 4 nitrogen and oxygen atoms in total. The van der Waals surface area contributed by atoms with Crippen LogP contribution in [0.2, 0.25) is 0 Å². The molecule has 0 aromatic heterocycles. The number of nitrogens with one attached hydrogen (secondary N) is 1. The predicted molar refractivity (Wildman–Crippen MR) is 106 cm³/mol. The van der Waals surface area contributed by atoms with Gasteiger partial charge in [0.1, 0.15) is 0 Å². The van der Waals surface area contributed by atoms with Gasteiger partial charge in [-0.25, -0.2) is 0 Å². The van der Waals surface area contributed by atoms with Gasteiger partial charge >= 0.3 is 0 Å². The fourth-order valence-electron chi connectivity index (χ4n) is 3.54. The number of hydrogen-bond donors (Lipinski definition) is 4. The van der Waals surface area contributed by atoms with Gasteiger partial charge in [-0.2, -0.15) is 0 Å². The Morgan fingerprint density at radius 3 is 2.50 bits per heavy atom. The number of thioether (sulfide) groups is 1. The summed E-state index contributed by atoms with van der Waals surface area (Å²) in [6, 6.07) is 13.3. The summed E-state index contributed by atoms with van der Waals surface area (Å²) in [6.45, 7) is 4.14. The second-order valence-corrected chi connectivity index (χ2v) is 8.07. The number of hydrogen-bond acceptors (Lipinski definition) is 5. The first-order valence-electron chi connectivity index (χ1n) is 9.17. The SMILES string of the molecule is CCC(O)CC1(CC)CSc2cc(O)c(O)cc2C(c2ccccc2)N1. The second kappa shape index (κ2) is 7.91. The molecule has 3 rings (SSSR count). The maximum absolute atomic E-state index is 10.3. The van der Waals surface area contributed by atoms with Crippen LogP contribution in [0.5, 0.6) is 11.5 Å². The van der Waals surface area contributed by atoms with Crippen LogP contribution in [0.3, 0.4) is 0 Å². The van der Waals surface area contributed by atoms with Gasteiger partial charge in [0.05, 0.1) is 12.1 Å². The first-order chi connectivity index (χ1) is 12.5. The number of aliphatic hydroxyl groups excluding tert-OH is 1. The molecule has 0 spiro atoms. The molecule has 2 aromatic carbocycles. The van der Waals surface area contributed by atoms with Crippen molar-refractivity contribution in [2.24, 2.45) is 0 Å². The van der Waals surface area contributed by atoms with Crippen molar-refractivity contribution in [3.63, 3.8) is 0 Å². The van der Waals surface area contributed by atoms with Gasteiger partial charge in [0.25, 0.3) is 0 Å². The van der Waals surface area contributed by atoms with Crippen molar-refractivity contribution in [2.45, 2.75) is 55.7 Å². The largest absolute Gasteiger partial charge is 0.504 e. The highest BCUT2D eigenvalue weighted by molar-refractivity contribution is 7.99. The molecule has 3 atom stereocenters. The smallest absolute Gasteiger partial charge is 0.158 e. The number of benzene rings is 2. The Labute approximate surface area is 159 Å². The molecule has 1 heterocycles. The van der Waals surface area contributed by atoms with E-state index in [1.54, 1.807) is 23.9 Å². The summed E-state index contributed by atoms with van der Waals surface area (Å²) in [5.41, 5.74) is 1.83. The van der Waals surface area contributed by atoms with Crippen LogP contribution in [0.1, 0.15) is 50.3 Å². The van der Waals surface area contributed by atoms with Crippen molar-refractivity contribution in [3.05, 3.63) is 53.6 Å². The van der Waals surface area contributed by atoms with E-state index < -0.39 is 0 Å². The Kier molecular flexibility index (Phi) is 5.80. The van der Waals surface area contributed by atoms with Gasteiger partial charge in [-0.15, -0.1) is 11.8 Å². The Bertz CT molecular complexity index is 752. The monoisotopic (exact) mass is 373 g/mol. The molecule has 2 aromatic rings. The molecular formula is C21H27NO3S. The lowest BCUT2D eigenvalue weighted by Gasteiger charge is -2.37. The quantitative estimate of drug-likeness (QED) is 0.592. The van der Waals surface area contributed by atoms with Gasteiger partial charge in [-0.05, 0) is 42.5 Å². The molecule has 0 saturated heterocycles. The average Bonchev–Trinajstić information content (AvgIpc) is 2.81. The highest BCUT2D eigenvalue weighted by atomic mass is 32.2. The molecule has 26 heavy (non-hydrogen) atoms. The highest BCUT2D eigenvalue weighted by Crippen LogP contribution is 2.44. The van der Waals surface area contributed by atoms with Crippen LogP contribution in [0.25, 0.3) is 0 Å². The van der Waals surface area contributed by atoms with Crippen molar-refractivity contribution >= 4 is 11.8 Å². The van der Waals surface area contributed by atoms with Crippen molar-refractivity contribution < 1.29 is 15.3 Å². The Morgan fingerprint density at radius 2 is 1.85 bits per heavy atom. The lowest BCUT2D eigenvalue weighted by atomic mass is 9.87. The van der Waals surface area contributed by atoms with E-state index >= 15 is 0 Å². The number of aromatic hydroxyl groups is 2. The van der Waals surface area contributed by atoms with Crippen LogP contribution in [-0.4, -0.2) is 32.7 Å². The van der Waals surface area contributed by atoms with E-state index in [0.717, 1.165) is 34.6 Å². The van der Waals surface area contributed by atoms with Gasteiger partial charge in [-0.1, -0.05) is 44.2 Å². The van der Waals surface area contributed by atoms with E-state index in [9.17, 15) is 15.3 Å². The van der Waals surface area contributed by atoms with Crippen molar-refractivity contribution in [3.8, 4) is 11.5 Å². The summed E-state index contributed by atoms with van der Waals surface area (Å²) in [7, 11) is 0. The summed E-state index contributed by atoms with van der Waals surface area (Å²) in [6.07, 6.45) is 1.91. The maximum Gasteiger partial charge on any atom is 0.158 e. The van der Waals surface area contributed by atoms with Gasteiger partial charge in [0.2, 0.25) is 0 Å². The number of phenols is 2. The number of rotatable bonds is 5. The lowest BCUT2D eigenvalue weighted by Crippen LogP contribution is -2.50. The number of fused-ring (bicyclic) bond motifs is 1. The average molecular weight is 374 g/mol. The molecule has 0 fully saturated rings. The fraction of sp³-hybridized carbons (Fsp3) is 0.429. The van der Waals surface area contributed by atoms with Crippen LogP contribution >= 0.6 is 11.8 Å². The van der Waals surface area contributed by atoms with Crippen LogP contribution in [-0.2, 0) is 0 Å². The third-order valence-corrected chi connectivity index (χ3v) is 6.64. The lowest BCUT2D eigenvalue weighted by molar-refractivity contribution is 0.116. The standard InChI is InChI=1S/C21H27NO3S/c1-3-15(23)12-21(4-2)13-26-19-11-18(25)17(24)10-16(19)20(22-21)14-8-6-5-7-9-14/h5-11,15,20,22-25H,3-4,12-13H2,1-2H3. The van der Waals surface area contributed by atoms with E-state index in [1.807, 2.05) is 25.1 Å². The molecular weight excluding hydrogens is 346 g/mol. The van der Waals surface area contributed by atoms with Gasteiger partial charge in [0, 0.05) is 16.2 Å². The summed E-state index contributed by atoms with van der Waals surface area (Å²) in [4.78, 5) is 0.961. The van der Waals surface area contributed by atoms with Crippen LogP contribution in [0.4, 0.5) is 0 Å². The normalized spacial score (nSPS) is 23.9. The molecule has 0 amide bonds. The van der Waals surface area contributed by atoms with Gasteiger partial charge < -0.3 is 15.3 Å². The second-order valence-electron chi connectivity index (χ2n) is 7.06. The Balaban J connectivity index is 2.08. The minimum Gasteiger partial charge on any atom is -0.504 e. The topological polar surface area (TPSA) is 72.7 Å². The summed E-state index contributed by atoms with van der Waals surface area (Å²) < 4.78 is 0. The first kappa shape index (κ1) is 19.1. The molecule has 5 heteroatoms. The molecule has 0 saturated carbocycles. The van der Waals surface area contributed by atoms with Crippen molar-refractivity contribution in [2.75, 3.05) is 5.75 Å². The van der Waals surface area contributed by atoms with E-state index in [1.165, 1.54) is 0 Å². The van der Waals surface area contributed by atoms with Crippen molar-refractivity contribution in [1.29, 1.82) is 0 Å². The molecule has 140 valence electrons. The zero-order valence-corrected chi connectivity index (χ0v) is 16.1. The summed E-state index contributed by atoms with van der Waals surface area (Å²) in [5, 5.41) is 34.2. The van der Waals surface area contributed by atoms with Crippen molar-refractivity contribution in [1.82, 2.24) is 5.32 Å². The van der Waals surface area contributed by atoms with Crippen LogP contribution in [0.15, 0.2) is 47.4 Å². The van der Waals surface area contributed by atoms with Gasteiger partial charge in [0.15, 0.2) is 11.5 Å². The fourth-order valence-corrected chi connectivity index (χ4v) is 4.91. The first-order valence-corrected chi connectivity index (χ1v) is 10.2. The number of aliphatic hydroxyl groups is 1. The molecule has 0 radical (unpaired) electrons. The van der Waals surface area contributed by atoms with E-state index in [-0.39, 0.29) is 29.2 Å². The number of phenolic OH excluding ortho intramolecular Hbond substituents is 2. The third kappa shape index (κ3) is 3.85. The minimum absolute atomic E-state index is 0.0966. The predicted octanol–water partition coefficient (Wildman–Crippen LogP) is 4.19. The van der Waals surface area contributed by atoms with E-state index in [0.29, 0.717) is 6.42 Å². The molecule has 4 N–H and O–H groups in total. The molecule has 3 unspecified atom stereocenters. The van der Waals surface area contributed by atoms with Crippen LogP contribution < -0.4 is 5.32 Å². The molecule has 0 aliphatic carbocycles. The highest BCUT2D eigenvalue weighted by Gasteiger charge is 2.37. The Morgan fingerprint density at radius 1 is 1.15 bits per heavy atom. The zero-order valence-electron chi connectivity index (χ0n) is 15.3. The Hall–Kier alpha value is -1.69. The molecule has 1 aliphatic rings. The molecule has 0 bridgehead atoms. The van der Waals surface area contributed by atoms with Gasteiger partial charge in [-0.3, -0.25) is 5.32 Å². The van der Waals surface area contributed by atoms with Crippen LogP contribution in [0, 0.1) is 0 Å². The van der Waals surface area contributed by atoms with E-state index in [4.69, 9.17) is 0 Å². The third-order valence-electron chi connectivity index (χ3n) is 5.28. The molecule has 1 aliphatic heterocycles.